The number of benzene rings is 7. The van der Waals surface area contributed by atoms with E-state index in [1.165, 1.54) is 32.9 Å². The lowest BCUT2D eigenvalue weighted by Crippen LogP contribution is -2.33. The Morgan fingerprint density at radius 1 is 0.443 bits per heavy atom. The van der Waals surface area contributed by atoms with Gasteiger partial charge in [-0.1, -0.05) is 119 Å². The molecule has 12 rings (SSSR count). The van der Waals surface area contributed by atoms with Gasteiger partial charge in [-0.05, 0) is 102 Å². The minimum absolute atomic E-state index is 0.0646. The summed E-state index contributed by atoms with van der Waals surface area (Å²) in [5.41, 5.74) is 12.9. The van der Waals surface area contributed by atoms with Crippen molar-refractivity contribution >= 4 is 54.7 Å². The molecular formula is C54H42N6O. The molecule has 0 aliphatic heterocycles. The van der Waals surface area contributed by atoms with Gasteiger partial charge >= 0.3 is 0 Å². The molecule has 0 fully saturated rings. The maximum atomic E-state index is 6.10. The van der Waals surface area contributed by atoms with E-state index in [1.54, 1.807) is 0 Å². The molecule has 294 valence electrons. The van der Waals surface area contributed by atoms with Crippen molar-refractivity contribution in [2.24, 2.45) is 0 Å². The first kappa shape index (κ1) is 35.6. The van der Waals surface area contributed by atoms with Gasteiger partial charge in [0, 0.05) is 43.9 Å². The van der Waals surface area contributed by atoms with E-state index in [1.807, 2.05) is 66.7 Å². The summed E-state index contributed by atoms with van der Waals surface area (Å²) in [4.78, 5) is 20.4. The summed E-state index contributed by atoms with van der Waals surface area (Å²) in [5.74, 6) is 2.32. The Morgan fingerprint density at radius 2 is 0.984 bits per heavy atom. The van der Waals surface area contributed by atoms with Crippen molar-refractivity contribution in [3.8, 4) is 45.9 Å². The molecule has 0 amide bonds. The number of fused-ring (bicyclic) bond motifs is 8. The molecule has 0 bridgehead atoms. The molecular weight excluding hydrogens is 749 g/mol. The summed E-state index contributed by atoms with van der Waals surface area (Å²) in [7, 11) is 0. The van der Waals surface area contributed by atoms with Crippen molar-refractivity contribution in [1.82, 2.24) is 29.1 Å². The lowest BCUT2D eigenvalue weighted by molar-refractivity contribution is 0.332. The molecule has 0 atom stereocenters. The molecule has 7 heteroatoms. The van der Waals surface area contributed by atoms with Gasteiger partial charge in [-0.15, -0.1) is 0 Å². The number of oxazole rings is 1. The van der Waals surface area contributed by atoms with E-state index in [0.29, 0.717) is 23.5 Å². The molecule has 7 aromatic carbocycles. The zero-order valence-corrected chi connectivity index (χ0v) is 34.5. The quantitative estimate of drug-likeness (QED) is 0.174. The van der Waals surface area contributed by atoms with Crippen LogP contribution in [0.1, 0.15) is 51.7 Å². The lowest BCUT2D eigenvalue weighted by Gasteiger charge is -2.42. The molecule has 1 aliphatic carbocycles. The molecule has 4 aromatic heterocycles. The number of hydrogen-bond acceptors (Lipinski definition) is 5. The third-order valence-corrected chi connectivity index (χ3v) is 13.1. The predicted octanol–water partition coefficient (Wildman–Crippen LogP) is 13.6. The van der Waals surface area contributed by atoms with Crippen LogP contribution < -0.4 is 0 Å². The second kappa shape index (κ2) is 13.1. The molecule has 11 aromatic rings. The molecule has 0 saturated carbocycles. The second-order valence-electron chi connectivity index (χ2n) is 17.8. The van der Waals surface area contributed by atoms with Crippen LogP contribution in [0.25, 0.3) is 101 Å². The van der Waals surface area contributed by atoms with Gasteiger partial charge in [-0.2, -0.15) is 9.97 Å². The second-order valence-corrected chi connectivity index (χ2v) is 17.8. The van der Waals surface area contributed by atoms with Gasteiger partial charge in [0.25, 0.3) is 0 Å². The van der Waals surface area contributed by atoms with Gasteiger partial charge in [0.15, 0.2) is 17.2 Å². The summed E-state index contributed by atoms with van der Waals surface area (Å²) in [6.45, 7) is 9.63. The van der Waals surface area contributed by atoms with Crippen LogP contribution in [0, 0.1) is 0 Å². The van der Waals surface area contributed by atoms with E-state index in [-0.39, 0.29) is 10.8 Å². The van der Waals surface area contributed by atoms with Crippen LogP contribution in [-0.4, -0.2) is 29.1 Å². The Hall–Kier alpha value is -7.38. The zero-order valence-electron chi connectivity index (χ0n) is 34.5. The average Bonchev–Trinajstić information content (AvgIpc) is 3.97. The fourth-order valence-corrected chi connectivity index (χ4v) is 9.68. The molecule has 0 saturated heterocycles. The molecule has 0 spiro atoms. The number of rotatable bonds is 5. The smallest absolute Gasteiger partial charge is 0.238 e. The van der Waals surface area contributed by atoms with Crippen LogP contribution in [0.4, 0.5) is 0 Å². The van der Waals surface area contributed by atoms with Crippen LogP contribution in [-0.2, 0) is 10.8 Å². The monoisotopic (exact) mass is 790 g/mol. The van der Waals surface area contributed by atoms with E-state index >= 15 is 0 Å². The van der Waals surface area contributed by atoms with Crippen LogP contribution in [0.3, 0.4) is 0 Å². The number of nitrogens with zero attached hydrogens (tertiary/aromatic N) is 6. The van der Waals surface area contributed by atoms with Gasteiger partial charge in [0.1, 0.15) is 5.52 Å². The fraction of sp³-hybridized carbons (Fsp3) is 0.148. The standard InChI is InChI=1S/C54H42N6O/c1-53(2)27-28-54(3,4)42-32-47-38(29-41(42)53)40-31-46-39(30-45(40)59(47)36-17-9-6-10-18-36)37-19-11-13-21-44(37)60(46)52-57-49(33-15-7-5-8-16-33)56-50(58-52)34-23-25-35(26-24-34)51-55-43-20-12-14-22-48(43)61-51/h5-26,29-32H,27-28H2,1-4H3. The summed E-state index contributed by atoms with van der Waals surface area (Å²) >= 11 is 0. The minimum atomic E-state index is 0.0646. The Labute approximate surface area is 353 Å². The van der Waals surface area contributed by atoms with Crippen LogP contribution >= 0.6 is 0 Å². The first-order valence-electron chi connectivity index (χ1n) is 21.1. The third-order valence-electron chi connectivity index (χ3n) is 13.1. The van der Waals surface area contributed by atoms with Crippen LogP contribution in [0.2, 0.25) is 0 Å². The molecule has 0 N–H and O–H groups in total. The number of aromatic nitrogens is 6. The first-order chi connectivity index (χ1) is 29.7. The zero-order chi connectivity index (χ0) is 41.0. The first-order valence-corrected chi connectivity index (χ1v) is 21.1. The van der Waals surface area contributed by atoms with Gasteiger partial charge in [-0.25, -0.2) is 9.97 Å². The highest BCUT2D eigenvalue weighted by Gasteiger charge is 2.38. The molecule has 1 aliphatic rings. The fourth-order valence-electron chi connectivity index (χ4n) is 9.68. The Morgan fingerprint density at radius 3 is 1.70 bits per heavy atom. The minimum Gasteiger partial charge on any atom is -0.436 e. The van der Waals surface area contributed by atoms with Crippen LogP contribution in [0.15, 0.2) is 162 Å². The molecule has 0 unspecified atom stereocenters. The molecule has 7 nitrogen and oxygen atoms in total. The Kier molecular flexibility index (Phi) is 7.61. The van der Waals surface area contributed by atoms with Gasteiger partial charge < -0.3 is 8.98 Å². The van der Waals surface area contributed by atoms with Crippen molar-refractivity contribution in [1.29, 1.82) is 0 Å². The Bertz CT molecular complexity index is 3490. The van der Waals surface area contributed by atoms with E-state index in [2.05, 4.69) is 128 Å². The van der Waals surface area contributed by atoms with Gasteiger partial charge in [0.2, 0.25) is 11.8 Å². The summed E-state index contributed by atoms with van der Waals surface area (Å²) < 4.78 is 10.8. The van der Waals surface area contributed by atoms with Crippen molar-refractivity contribution in [2.75, 3.05) is 0 Å². The summed E-state index contributed by atoms with van der Waals surface area (Å²) in [6.07, 6.45) is 2.31. The van der Waals surface area contributed by atoms with E-state index in [0.717, 1.165) is 68.1 Å². The van der Waals surface area contributed by atoms with E-state index in [9.17, 15) is 0 Å². The van der Waals surface area contributed by atoms with Crippen LogP contribution in [0.5, 0.6) is 0 Å². The number of para-hydroxylation sites is 4. The lowest BCUT2D eigenvalue weighted by atomic mass is 9.63. The number of hydrogen-bond donors (Lipinski definition) is 0. The highest BCUT2D eigenvalue weighted by molar-refractivity contribution is 6.19. The maximum absolute atomic E-state index is 6.10. The maximum Gasteiger partial charge on any atom is 0.238 e. The van der Waals surface area contributed by atoms with Gasteiger partial charge in [-0.3, -0.25) is 4.57 Å². The van der Waals surface area contributed by atoms with Crippen molar-refractivity contribution < 1.29 is 4.42 Å². The van der Waals surface area contributed by atoms with Crippen molar-refractivity contribution in [3.63, 3.8) is 0 Å². The highest BCUT2D eigenvalue weighted by Crippen LogP contribution is 2.49. The van der Waals surface area contributed by atoms with E-state index < -0.39 is 0 Å². The largest absolute Gasteiger partial charge is 0.436 e. The molecule has 4 heterocycles. The van der Waals surface area contributed by atoms with Crippen molar-refractivity contribution in [3.05, 3.63) is 169 Å². The van der Waals surface area contributed by atoms with E-state index in [4.69, 9.17) is 24.4 Å². The van der Waals surface area contributed by atoms with Gasteiger partial charge in [0.05, 0.1) is 22.1 Å². The predicted molar refractivity (Wildman–Crippen MR) is 248 cm³/mol. The average molecular weight is 791 g/mol. The summed E-state index contributed by atoms with van der Waals surface area (Å²) in [5, 5.41) is 4.73. The van der Waals surface area contributed by atoms with Crippen molar-refractivity contribution in [2.45, 2.75) is 51.4 Å². The third kappa shape index (κ3) is 5.57. The molecule has 0 radical (unpaired) electrons. The SMILES string of the molecule is CC1(C)CCC(C)(C)c2cc3c(cc21)c1cc2c(cc1n3-c1ccccc1)c1ccccc1n2-c1nc(-c2ccccc2)nc(-c2ccc(-c3nc4ccccc4o3)cc2)n1. The normalized spacial score (nSPS) is 14.7. The Balaban J connectivity index is 1.12. The highest BCUT2D eigenvalue weighted by atomic mass is 16.3. The molecule has 61 heavy (non-hydrogen) atoms. The summed E-state index contributed by atoms with van der Waals surface area (Å²) in [6, 6.07) is 55.3. The topological polar surface area (TPSA) is 74.6 Å².